The van der Waals surface area contributed by atoms with Crippen molar-refractivity contribution in [3.63, 3.8) is 0 Å². The monoisotopic (exact) mass is 248 g/mol. The van der Waals surface area contributed by atoms with Gasteiger partial charge in [-0.25, -0.2) is 0 Å². The average molecular weight is 249 g/mol. The molecule has 86 valence electrons. The van der Waals surface area contributed by atoms with Crippen LogP contribution in [0.25, 0.3) is 0 Å². The third-order valence-corrected chi connectivity index (χ3v) is 4.15. The molecule has 0 aromatic carbocycles. The first-order valence-corrected chi connectivity index (χ1v) is 6.32. The summed E-state index contributed by atoms with van der Waals surface area (Å²) in [6.07, 6.45) is 7.01. The molecular weight excluding hydrogens is 231 g/mol. The fourth-order valence-electron chi connectivity index (χ4n) is 1.55. The third kappa shape index (κ3) is 3.39. The van der Waals surface area contributed by atoms with Gasteiger partial charge in [0.1, 0.15) is 0 Å². The summed E-state index contributed by atoms with van der Waals surface area (Å²) < 4.78 is 1.82. The van der Waals surface area contributed by atoms with Gasteiger partial charge in [0.2, 0.25) is 0 Å². The standard InChI is InChI=1S/C11H18Cl2N2/c1-3-11(8-12,9-13)5-4-10-6-14-15(2)7-10/h6-7H,3-5,8-9H2,1-2H3. The van der Waals surface area contributed by atoms with E-state index in [2.05, 4.69) is 12.0 Å². The van der Waals surface area contributed by atoms with Gasteiger partial charge in [-0.2, -0.15) is 5.10 Å². The van der Waals surface area contributed by atoms with Crippen LogP contribution in [0.5, 0.6) is 0 Å². The molecule has 2 nitrogen and oxygen atoms in total. The quantitative estimate of drug-likeness (QED) is 0.708. The zero-order valence-electron chi connectivity index (χ0n) is 9.34. The van der Waals surface area contributed by atoms with Gasteiger partial charge in [0.15, 0.2) is 0 Å². The molecule has 1 heterocycles. The highest BCUT2D eigenvalue weighted by atomic mass is 35.5. The Bertz CT molecular complexity index is 284. The molecule has 0 atom stereocenters. The summed E-state index contributed by atoms with van der Waals surface area (Å²) in [5.74, 6) is 1.26. The van der Waals surface area contributed by atoms with E-state index in [0.29, 0.717) is 11.8 Å². The van der Waals surface area contributed by atoms with E-state index in [1.807, 2.05) is 24.1 Å². The van der Waals surface area contributed by atoms with Gasteiger partial charge in [0.25, 0.3) is 0 Å². The number of rotatable bonds is 6. The van der Waals surface area contributed by atoms with Gasteiger partial charge in [-0.15, -0.1) is 23.2 Å². The van der Waals surface area contributed by atoms with Crippen molar-refractivity contribution < 1.29 is 0 Å². The maximum Gasteiger partial charge on any atom is 0.0521 e. The minimum absolute atomic E-state index is 0.0823. The van der Waals surface area contributed by atoms with Crippen molar-refractivity contribution >= 4 is 23.2 Å². The van der Waals surface area contributed by atoms with Gasteiger partial charge in [0.05, 0.1) is 6.20 Å². The van der Waals surface area contributed by atoms with Crippen LogP contribution in [0.15, 0.2) is 12.4 Å². The molecule has 4 heteroatoms. The molecular formula is C11H18Cl2N2. The number of alkyl halides is 2. The number of aryl methyl sites for hydroxylation is 2. The Balaban J connectivity index is 2.54. The fourth-order valence-corrected chi connectivity index (χ4v) is 2.48. The van der Waals surface area contributed by atoms with Crippen LogP contribution in [-0.4, -0.2) is 21.5 Å². The van der Waals surface area contributed by atoms with Crippen molar-refractivity contribution in [2.24, 2.45) is 12.5 Å². The van der Waals surface area contributed by atoms with Gasteiger partial charge >= 0.3 is 0 Å². The lowest BCUT2D eigenvalue weighted by atomic mass is 9.84. The minimum Gasteiger partial charge on any atom is -0.276 e. The first kappa shape index (κ1) is 12.9. The van der Waals surface area contributed by atoms with Crippen molar-refractivity contribution in [3.05, 3.63) is 18.0 Å². The van der Waals surface area contributed by atoms with Gasteiger partial charge in [-0.05, 0) is 30.2 Å². The van der Waals surface area contributed by atoms with Gasteiger partial charge in [-0.3, -0.25) is 4.68 Å². The molecule has 1 aromatic rings. The Morgan fingerprint density at radius 1 is 1.40 bits per heavy atom. The van der Waals surface area contributed by atoms with E-state index in [4.69, 9.17) is 23.2 Å². The summed E-state index contributed by atoms with van der Waals surface area (Å²) in [5.41, 5.74) is 1.34. The van der Waals surface area contributed by atoms with Crippen molar-refractivity contribution in [3.8, 4) is 0 Å². The smallest absolute Gasteiger partial charge is 0.0521 e. The van der Waals surface area contributed by atoms with E-state index in [-0.39, 0.29) is 5.41 Å². The van der Waals surface area contributed by atoms with Crippen LogP contribution in [0, 0.1) is 5.41 Å². The van der Waals surface area contributed by atoms with E-state index in [9.17, 15) is 0 Å². The second kappa shape index (κ2) is 5.76. The van der Waals surface area contributed by atoms with Crippen molar-refractivity contribution in [1.29, 1.82) is 0 Å². The maximum atomic E-state index is 5.99. The molecule has 15 heavy (non-hydrogen) atoms. The van der Waals surface area contributed by atoms with Crippen LogP contribution in [0.1, 0.15) is 25.3 Å². The first-order valence-electron chi connectivity index (χ1n) is 5.25. The number of hydrogen-bond donors (Lipinski definition) is 0. The second-order valence-electron chi connectivity index (χ2n) is 4.14. The summed E-state index contributed by atoms with van der Waals surface area (Å²) in [4.78, 5) is 0. The van der Waals surface area contributed by atoms with E-state index >= 15 is 0 Å². The number of nitrogens with zero attached hydrogens (tertiary/aromatic N) is 2. The van der Waals surface area contributed by atoms with Gasteiger partial charge < -0.3 is 0 Å². The van der Waals surface area contributed by atoms with Gasteiger partial charge in [0, 0.05) is 25.0 Å². The molecule has 1 rings (SSSR count). The lowest BCUT2D eigenvalue weighted by Crippen LogP contribution is -2.24. The number of hydrogen-bond acceptors (Lipinski definition) is 1. The molecule has 0 amide bonds. The summed E-state index contributed by atoms with van der Waals surface area (Å²) >= 11 is 12.0. The Morgan fingerprint density at radius 2 is 2.07 bits per heavy atom. The zero-order chi connectivity index (χ0) is 11.3. The van der Waals surface area contributed by atoms with E-state index in [0.717, 1.165) is 19.3 Å². The van der Waals surface area contributed by atoms with Crippen LogP contribution >= 0.6 is 23.2 Å². The highest BCUT2D eigenvalue weighted by Gasteiger charge is 2.25. The molecule has 0 radical (unpaired) electrons. The predicted molar refractivity (Wildman–Crippen MR) is 65.7 cm³/mol. The average Bonchev–Trinajstić information content (AvgIpc) is 2.67. The van der Waals surface area contributed by atoms with Crippen LogP contribution < -0.4 is 0 Å². The van der Waals surface area contributed by atoms with Crippen molar-refractivity contribution in [2.45, 2.75) is 26.2 Å². The largest absolute Gasteiger partial charge is 0.276 e. The summed E-state index contributed by atoms with van der Waals surface area (Å²) in [5, 5.41) is 4.15. The van der Waals surface area contributed by atoms with Crippen molar-refractivity contribution in [2.75, 3.05) is 11.8 Å². The zero-order valence-corrected chi connectivity index (χ0v) is 10.9. The van der Waals surface area contributed by atoms with E-state index in [1.54, 1.807) is 0 Å². The lowest BCUT2D eigenvalue weighted by molar-refractivity contribution is 0.334. The summed E-state index contributed by atoms with van der Waals surface area (Å²) in [6.45, 7) is 2.15. The summed E-state index contributed by atoms with van der Waals surface area (Å²) in [6, 6.07) is 0. The van der Waals surface area contributed by atoms with Crippen molar-refractivity contribution in [1.82, 2.24) is 9.78 Å². The molecule has 0 bridgehead atoms. The SMILES string of the molecule is CCC(CCl)(CCl)CCc1cnn(C)c1. The molecule has 0 aliphatic heterocycles. The van der Waals surface area contributed by atoms with Crippen LogP contribution in [0.3, 0.4) is 0 Å². The first-order chi connectivity index (χ1) is 7.15. The number of aromatic nitrogens is 2. The number of halogens is 2. The Hall–Kier alpha value is -0.210. The molecule has 0 aliphatic rings. The molecule has 1 aromatic heterocycles. The summed E-state index contributed by atoms with van der Waals surface area (Å²) in [7, 11) is 1.93. The van der Waals surface area contributed by atoms with Gasteiger partial charge in [-0.1, -0.05) is 6.92 Å². The highest BCUT2D eigenvalue weighted by molar-refractivity contribution is 6.21. The normalized spacial score (nSPS) is 12.0. The molecule has 0 N–H and O–H groups in total. The fraction of sp³-hybridized carbons (Fsp3) is 0.727. The Kier molecular flexibility index (Phi) is 4.94. The highest BCUT2D eigenvalue weighted by Crippen LogP contribution is 2.31. The second-order valence-corrected chi connectivity index (χ2v) is 4.68. The molecule has 0 fully saturated rings. The molecule has 0 unspecified atom stereocenters. The topological polar surface area (TPSA) is 17.8 Å². The van der Waals surface area contributed by atoms with Crippen LogP contribution in [0.4, 0.5) is 0 Å². The predicted octanol–water partition coefficient (Wildman–Crippen LogP) is 3.23. The van der Waals surface area contributed by atoms with Crippen LogP contribution in [-0.2, 0) is 13.5 Å². The van der Waals surface area contributed by atoms with E-state index in [1.165, 1.54) is 5.56 Å². The Morgan fingerprint density at radius 3 is 2.47 bits per heavy atom. The maximum absolute atomic E-state index is 5.99. The molecule has 0 aliphatic carbocycles. The Labute approximate surface area is 102 Å². The third-order valence-electron chi connectivity index (χ3n) is 3.02. The van der Waals surface area contributed by atoms with Crippen LogP contribution in [0.2, 0.25) is 0 Å². The molecule has 0 saturated heterocycles. The molecule has 0 spiro atoms. The van der Waals surface area contributed by atoms with E-state index < -0.39 is 0 Å². The lowest BCUT2D eigenvalue weighted by Gasteiger charge is -2.27. The minimum atomic E-state index is 0.0823. The molecule has 0 saturated carbocycles.